The minimum absolute atomic E-state index is 0.00777. The van der Waals surface area contributed by atoms with Crippen LogP contribution in [0.5, 0.6) is 0 Å². The van der Waals surface area contributed by atoms with E-state index >= 15 is 0 Å². The highest BCUT2D eigenvalue weighted by atomic mass is 16.2. The number of nitrogens with one attached hydrogen (secondary N) is 1. The monoisotopic (exact) mass is 307 g/mol. The molecule has 1 N–H and O–H groups in total. The molecular weight excluding hydrogens is 286 g/mol. The first-order chi connectivity index (χ1) is 10.8. The number of pyridine rings is 1. The van der Waals surface area contributed by atoms with E-state index in [4.69, 9.17) is 5.26 Å². The third kappa shape index (κ3) is 3.75. The normalized spacial score (nSPS) is 11.1. The van der Waals surface area contributed by atoms with E-state index in [0.29, 0.717) is 5.56 Å². The highest BCUT2D eigenvalue weighted by Gasteiger charge is 2.29. The van der Waals surface area contributed by atoms with Crippen LogP contribution in [0.25, 0.3) is 11.1 Å². The van der Waals surface area contributed by atoms with Crippen molar-refractivity contribution in [3.05, 3.63) is 53.9 Å². The third-order valence-corrected chi connectivity index (χ3v) is 3.79. The van der Waals surface area contributed by atoms with Crippen molar-refractivity contribution in [3.63, 3.8) is 0 Å². The van der Waals surface area contributed by atoms with Gasteiger partial charge in [0.25, 0.3) is 0 Å². The number of aromatic nitrogens is 1. The average Bonchev–Trinajstić information content (AvgIpc) is 2.54. The number of carbonyl (C=O) groups is 1. The Morgan fingerprint density at radius 2 is 1.83 bits per heavy atom. The van der Waals surface area contributed by atoms with Crippen molar-refractivity contribution in [2.75, 3.05) is 0 Å². The Bertz CT molecular complexity index is 740. The number of rotatable bonds is 4. The van der Waals surface area contributed by atoms with Gasteiger partial charge >= 0.3 is 0 Å². The summed E-state index contributed by atoms with van der Waals surface area (Å²) in [6, 6.07) is 11.8. The predicted octanol–water partition coefficient (Wildman–Crippen LogP) is 3.42. The molecule has 1 amide bonds. The second kappa shape index (κ2) is 6.62. The summed E-state index contributed by atoms with van der Waals surface area (Å²) < 4.78 is 0. The number of carbonyl (C=O) groups excluding carboxylic acids is 1. The molecule has 0 aliphatic heterocycles. The van der Waals surface area contributed by atoms with Crippen LogP contribution in [0.4, 0.5) is 0 Å². The van der Waals surface area contributed by atoms with Crippen LogP contribution >= 0.6 is 0 Å². The molecule has 0 fully saturated rings. The summed E-state index contributed by atoms with van der Waals surface area (Å²) in [5, 5.41) is 11.9. The molecule has 0 saturated heterocycles. The molecule has 2 rings (SSSR count). The molecule has 0 atom stereocenters. The van der Waals surface area contributed by atoms with E-state index < -0.39 is 5.41 Å². The molecule has 0 bridgehead atoms. The van der Waals surface area contributed by atoms with Crippen molar-refractivity contribution in [2.24, 2.45) is 0 Å². The van der Waals surface area contributed by atoms with Gasteiger partial charge in [-0.15, -0.1) is 0 Å². The van der Waals surface area contributed by atoms with Crippen LogP contribution in [-0.4, -0.2) is 16.9 Å². The van der Waals surface area contributed by atoms with E-state index in [2.05, 4.69) is 16.4 Å². The van der Waals surface area contributed by atoms with Gasteiger partial charge in [-0.25, -0.2) is 0 Å². The van der Waals surface area contributed by atoms with Crippen molar-refractivity contribution in [1.29, 1.82) is 5.26 Å². The van der Waals surface area contributed by atoms with Gasteiger partial charge in [0.05, 0.1) is 11.0 Å². The number of hydrogen-bond acceptors (Lipinski definition) is 3. The summed E-state index contributed by atoms with van der Waals surface area (Å²) in [4.78, 5) is 16.4. The van der Waals surface area contributed by atoms with Gasteiger partial charge in [-0.3, -0.25) is 9.78 Å². The first-order valence-electron chi connectivity index (χ1n) is 7.61. The van der Waals surface area contributed by atoms with Gasteiger partial charge in [0.15, 0.2) is 0 Å². The van der Waals surface area contributed by atoms with E-state index in [-0.39, 0.29) is 11.9 Å². The minimum Gasteiger partial charge on any atom is -0.353 e. The maximum atomic E-state index is 12.4. The van der Waals surface area contributed by atoms with Gasteiger partial charge in [0.1, 0.15) is 6.07 Å². The Morgan fingerprint density at radius 3 is 2.39 bits per heavy atom. The van der Waals surface area contributed by atoms with Gasteiger partial charge in [0.2, 0.25) is 5.91 Å². The van der Waals surface area contributed by atoms with E-state index in [1.807, 2.05) is 52.0 Å². The number of nitriles is 1. The minimum atomic E-state index is -0.602. The molecule has 1 heterocycles. The van der Waals surface area contributed by atoms with E-state index in [0.717, 1.165) is 16.7 Å². The average molecular weight is 307 g/mol. The molecule has 0 aliphatic carbocycles. The molecule has 118 valence electrons. The lowest BCUT2D eigenvalue weighted by molar-refractivity contribution is -0.126. The number of nitrogens with zero attached hydrogens (tertiary/aromatic N) is 2. The van der Waals surface area contributed by atoms with Crippen LogP contribution in [-0.2, 0) is 10.2 Å². The largest absolute Gasteiger partial charge is 0.353 e. The Kier molecular flexibility index (Phi) is 4.80. The molecule has 2 aromatic rings. The molecule has 0 radical (unpaired) electrons. The molecular formula is C19H21N3O. The van der Waals surface area contributed by atoms with Crippen LogP contribution in [0.1, 0.15) is 38.8 Å². The zero-order valence-electron chi connectivity index (χ0n) is 13.9. The molecule has 0 aliphatic rings. The molecule has 0 spiro atoms. The lowest BCUT2D eigenvalue weighted by Gasteiger charge is -2.25. The first kappa shape index (κ1) is 16.7. The molecule has 1 aromatic carbocycles. The van der Waals surface area contributed by atoms with Crippen LogP contribution in [0.15, 0.2) is 42.7 Å². The van der Waals surface area contributed by atoms with Crippen molar-refractivity contribution < 1.29 is 4.79 Å². The quantitative estimate of drug-likeness (QED) is 0.941. The number of hydrogen-bond donors (Lipinski definition) is 1. The predicted molar refractivity (Wildman–Crippen MR) is 90.7 cm³/mol. The Balaban J connectivity index is 2.28. The lowest BCUT2D eigenvalue weighted by atomic mass is 9.83. The van der Waals surface area contributed by atoms with E-state index in [9.17, 15) is 4.79 Å². The summed E-state index contributed by atoms with van der Waals surface area (Å²) in [5.41, 5.74) is 2.74. The summed E-state index contributed by atoms with van der Waals surface area (Å²) in [7, 11) is 0. The Labute approximate surface area is 137 Å². The van der Waals surface area contributed by atoms with Crippen molar-refractivity contribution in [3.8, 4) is 17.2 Å². The van der Waals surface area contributed by atoms with E-state index in [1.165, 1.54) is 6.20 Å². The van der Waals surface area contributed by atoms with Crippen molar-refractivity contribution in [1.82, 2.24) is 10.3 Å². The highest BCUT2D eigenvalue weighted by molar-refractivity contribution is 5.87. The fraction of sp³-hybridized carbons (Fsp3) is 0.316. The first-order valence-corrected chi connectivity index (χ1v) is 7.61. The Hall–Kier alpha value is -2.67. The highest BCUT2D eigenvalue weighted by Crippen LogP contribution is 2.27. The van der Waals surface area contributed by atoms with E-state index in [1.54, 1.807) is 12.3 Å². The number of benzene rings is 1. The Morgan fingerprint density at radius 1 is 1.17 bits per heavy atom. The fourth-order valence-electron chi connectivity index (χ4n) is 2.31. The van der Waals surface area contributed by atoms with Crippen molar-refractivity contribution >= 4 is 5.91 Å². The maximum absolute atomic E-state index is 12.4. The van der Waals surface area contributed by atoms with Gasteiger partial charge in [-0.2, -0.15) is 5.26 Å². The standard InChI is InChI=1S/C19H21N3O/c1-13(2)22-18(23)19(3,4)17-7-5-15(6-8-17)16-9-14(10-20)11-21-12-16/h5-9,11-13H,1-4H3,(H,22,23). The van der Waals surface area contributed by atoms with Crippen LogP contribution in [0.2, 0.25) is 0 Å². The second-order valence-corrected chi connectivity index (χ2v) is 6.40. The van der Waals surface area contributed by atoms with Crippen molar-refractivity contribution in [2.45, 2.75) is 39.2 Å². The number of amides is 1. The van der Waals surface area contributed by atoms with Crippen LogP contribution in [0.3, 0.4) is 0 Å². The van der Waals surface area contributed by atoms with Crippen LogP contribution < -0.4 is 5.32 Å². The maximum Gasteiger partial charge on any atom is 0.230 e. The topological polar surface area (TPSA) is 65.8 Å². The molecule has 0 unspecified atom stereocenters. The molecule has 0 saturated carbocycles. The zero-order valence-corrected chi connectivity index (χ0v) is 13.9. The lowest BCUT2D eigenvalue weighted by Crippen LogP contribution is -2.43. The molecule has 1 aromatic heterocycles. The summed E-state index contributed by atoms with van der Waals surface area (Å²) in [6.45, 7) is 7.73. The summed E-state index contributed by atoms with van der Waals surface area (Å²) in [5.74, 6) is 0.00777. The van der Waals surface area contributed by atoms with Gasteiger partial charge in [-0.05, 0) is 44.9 Å². The van der Waals surface area contributed by atoms with Gasteiger partial charge in [-0.1, -0.05) is 24.3 Å². The zero-order chi connectivity index (χ0) is 17.0. The summed E-state index contributed by atoms with van der Waals surface area (Å²) >= 11 is 0. The SMILES string of the molecule is CC(C)NC(=O)C(C)(C)c1ccc(-c2cncc(C#N)c2)cc1. The molecule has 4 nitrogen and oxygen atoms in total. The molecule has 4 heteroatoms. The molecule has 23 heavy (non-hydrogen) atoms. The van der Waals surface area contributed by atoms with Gasteiger partial charge < -0.3 is 5.32 Å². The van der Waals surface area contributed by atoms with Crippen LogP contribution in [0, 0.1) is 11.3 Å². The third-order valence-electron chi connectivity index (χ3n) is 3.79. The smallest absolute Gasteiger partial charge is 0.230 e. The van der Waals surface area contributed by atoms with Gasteiger partial charge in [0, 0.05) is 24.0 Å². The second-order valence-electron chi connectivity index (χ2n) is 6.40. The fourth-order valence-corrected chi connectivity index (χ4v) is 2.31. The summed E-state index contributed by atoms with van der Waals surface area (Å²) in [6.07, 6.45) is 3.27.